The molecule has 0 saturated carbocycles. The normalized spacial score (nSPS) is 15.2. The molecule has 1 aromatic heterocycles. The number of furan rings is 1. The van der Waals surface area contributed by atoms with Crippen molar-refractivity contribution in [2.75, 3.05) is 26.3 Å². The molecule has 0 aliphatic carbocycles. The van der Waals surface area contributed by atoms with E-state index in [2.05, 4.69) is 10.2 Å². The van der Waals surface area contributed by atoms with Gasteiger partial charge in [0.05, 0.1) is 19.8 Å². The molecule has 1 N–H and O–H groups in total. The number of rotatable bonds is 8. The molecule has 3 aromatic rings. The zero-order chi connectivity index (χ0) is 27.3. The van der Waals surface area contributed by atoms with Gasteiger partial charge in [-0.1, -0.05) is 41.9 Å². The third-order valence-electron chi connectivity index (χ3n) is 6.16. The van der Waals surface area contributed by atoms with E-state index >= 15 is 0 Å². The Morgan fingerprint density at radius 3 is 2.39 bits per heavy atom. The summed E-state index contributed by atoms with van der Waals surface area (Å²) in [6.07, 6.45) is 0. The van der Waals surface area contributed by atoms with E-state index in [0.717, 1.165) is 13.1 Å². The van der Waals surface area contributed by atoms with Gasteiger partial charge in [0.25, 0.3) is 5.91 Å². The highest BCUT2D eigenvalue weighted by Gasteiger charge is 2.35. The van der Waals surface area contributed by atoms with Gasteiger partial charge in [0.15, 0.2) is 5.76 Å². The van der Waals surface area contributed by atoms with Crippen LogP contribution in [0.15, 0.2) is 65.1 Å². The Bertz CT molecular complexity index is 1250. The van der Waals surface area contributed by atoms with Crippen LogP contribution < -0.4 is 5.32 Å². The molecule has 7 nitrogen and oxygen atoms in total. The molecule has 9 heteroatoms. The van der Waals surface area contributed by atoms with Crippen LogP contribution in [0.5, 0.6) is 0 Å². The number of ether oxygens (including phenoxy) is 1. The van der Waals surface area contributed by atoms with Crippen molar-refractivity contribution in [2.45, 2.75) is 45.4 Å². The number of halogens is 2. The molecule has 1 fully saturated rings. The van der Waals surface area contributed by atoms with Gasteiger partial charge in [0.2, 0.25) is 5.91 Å². The fourth-order valence-electron chi connectivity index (χ4n) is 4.35. The van der Waals surface area contributed by atoms with Gasteiger partial charge < -0.3 is 19.4 Å². The number of carbonyl (C=O) groups is 2. The molecular formula is C29H33ClFN3O4. The van der Waals surface area contributed by atoms with Crippen LogP contribution >= 0.6 is 11.6 Å². The lowest BCUT2D eigenvalue weighted by molar-refractivity contribution is -0.127. The van der Waals surface area contributed by atoms with Gasteiger partial charge in [-0.3, -0.25) is 14.5 Å². The Hall–Kier alpha value is -3.20. The van der Waals surface area contributed by atoms with Crippen molar-refractivity contribution < 1.29 is 23.1 Å². The Labute approximate surface area is 227 Å². The molecule has 1 unspecified atom stereocenters. The first kappa shape index (κ1) is 27.8. The molecule has 202 valence electrons. The quantitative estimate of drug-likeness (QED) is 0.424. The summed E-state index contributed by atoms with van der Waals surface area (Å²) in [4.78, 5) is 31.3. The molecule has 1 saturated heterocycles. The molecule has 2 aromatic carbocycles. The minimum absolute atomic E-state index is 0.0393. The minimum Gasteiger partial charge on any atom is -0.455 e. The van der Waals surface area contributed by atoms with Gasteiger partial charge in [0, 0.05) is 30.2 Å². The second-order valence-electron chi connectivity index (χ2n) is 10.4. The summed E-state index contributed by atoms with van der Waals surface area (Å²) < 4.78 is 25.2. The van der Waals surface area contributed by atoms with Crippen LogP contribution in [-0.2, 0) is 22.6 Å². The maximum absolute atomic E-state index is 14.0. The van der Waals surface area contributed by atoms with E-state index in [9.17, 15) is 14.0 Å². The van der Waals surface area contributed by atoms with Crippen molar-refractivity contribution in [1.82, 2.24) is 15.1 Å². The van der Waals surface area contributed by atoms with Crippen LogP contribution in [-0.4, -0.2) is 53.5 Å². The lowest BCUT2D eigenvalue weighted by atomic mass is 10.0. The Morgan fingerprint density at radius 1 is 1.05 bits per heavy atom. The van der Waals surface area contributed by atoms with Crippen LogP contribution in [0.3, 0.4) is 0 Å². The number of benzene rings is 2. The standard InChI is InChI=1S/C29H33ClFN3O4/c1-29(2,3)32-27(35)26(20-8-10-22(31)11-9-20)34(18-21-6-4-5-7-24(21)30)28(36)25-13-12-23(38-25)19-33-14-16-37-17-15-33/h4-13,26H,14-19H2,1-3H3,(H,32,35). The molecule has 0 bridgehead atoms. The van der Waals surface area contributed by atoms with Gasteiger partial charge in [-0.2, -0.15) is 0 Å². The van der Waals surface area contributed by atoms with Crippen molar-refractivity contribution in [2.24, 2.45) is 0 Å². The first-order valence-corrected chi connectivity index (χ1v) is 13.0. The van der Waals surface area contributed by atoms with Gasteiger partial charge >= 0.3 is 0 Å². The zero-order valence-electron chi connectivity index (χ0n) is 21.9. The van der Waals surface area contributed by atoms with Crippen LogP contribution in [0.4, 0.5) is 4.39 Å². The third-order valence-corrected chi connectivity index (χ3v) is 6.53. The van der Waals surface area contributed by atoms with E-state index in [4.69, 9.17) is 20.8 Å². The first-order chi connectivity index (χ1) is 18.1. The van der Waals surface area contributed by atoms with E-state index in [0.29, 0.717) is 41.7 Å². The van der Waals surface area contributed by atoms with Gasteiger partial charge in [0.1, 0.15) is 17.6 Å². The van der Waals surface area contributed by atoms with Crippen LogP contribution in [0.25, 0.3) is 0 Å². The molecule has 1 aliphatic heterocycles. The second kappa shape index (κ2) is 12.1. The summed E-state index contributed by atoms with van der Waals surface area (Å²) in [6.45, 7) is 9.03. The van der Waals surface area contributed by atoms with Gasteiger partial charge in [-0.05, 0) is 62.2 Å². The number of morpholine rings is 1. The molecule has 4 rings (SSSR count). The topological polar surface area (TPSA) is 75.0 Å². The SMILES string of the molecule is CC(C)(C)NC(=O)C(c1ccc(F)cc1)N(Cc1ccccc1Cl)C(=O)c1ccc(CN2CCOCC2)o1. The van der Waals surface area contributed by atoms with E-state index < -0.39 is 29.2 Å². The average Bonchev–Trinajstić information content (AvgIpc) is 3.33. The van der Waals surface area contributed by atoms with Crippen molar-refractivity contribution >= 4 is 23.4 Å². The summed E-state index contributed by atoms with van der Waals surface area (Å²) >= 11 is 6.46. The Balaban J connectivity index is 1.71. The van der Waals surface area contributed by atoms with Crippen molar-refractivity contribution in [3.8, 4) is 0 Å². The van der Waals surface area contributed by atoms with Crippen molar-refractivity contribution in [3.63, 3.8) is 0 Å². The predicted molar refractivity (Wildman–Crippen MR) is 143 cm³/mol. The smallest absolute Gasteiger partial charge is 0.290 e. The highest BCUT2D eigenvalue weighted by Crippen LogP contribution is 2.29. The monoisotopic (exact) mass is 541 g/mol. The number of hydrogen-bond donors (Lipinski definition) is 1. The third kappa shape index (κ3) is 7.22. The number of carbonyl (C=O) groups excluding carboxylic acids is 2. The minimum atomic E-state index is -1.06. The summed E-state index contributed by atoms with van der Waals surface area (Å²) in [6, 6.07) is 15.1. The molecular weight excluding hydrogens is 509 g/mol. The molecule has 1 aliphatic rings. The van der Waals surface area contributed by atoms with E-state index in [1.54, 1.807) is 30.3 Å². The average molecular weight is 542 g/mol. The molecule has 2 heterocycles. The highest BCUT2D eigenvalue weighted by atomic mass is 35.5. The molecule has 2 amide bonds. The molecule has 38 heavy (non-hydrogen) atoms. The fraction of sp³-hybridized carbons (Fsp3) is 0.379. The molecule has 0 radical (unpaired) electrons. The highest BCUT2D eigenvalue weighted by molar-refractivity contribution is 6.31. The van der Waals surface area contributed by atoms with Crippen molar-refractivity contribution in [3.05, 3.63) is 94.2 Å². The van der Waals surface area contributed by atoms with Crippen LogP contribution in [0.1, 0.15) is 54.3 Å². The van der Waals surface area contributed by atoms with Crippen LogP contribution in [0.2, 0.25) is 5.02 Å². The molecule has 0 spiro atoms. The van der Waals surface area contributed by atoms with E-state index in [1.807, 2.05) is 26.8 Å². The summed E-state index contributed by atoms with van der Waals surface area (Å²) in [5.74, 6) is -0.561. The lowest BCUT2D eigenvalue weighted by Gasteiger charge is -2.33. The lowest BCUT2D eigenvalue weighted by Crippen LogP contribution is -2.49. The van der Waals surface area contributed by atoms with E-state index in [-0.39, 0.29) is 12.3 Å². The number of amides is 2. The molecule has 1 atom stereocenters. The number of nitrogens with zero attached hydrogens (tertiary/aromatic N) is 2. The number of nitrogens with one attached hydrogen (secondary N) is 1. The predicted octanol–water partition coefficient (Wildman–Crippen LogP) is 5.20. The van der Waals surface area contributed by atoms with E-state index in [1.165, 1.54) is 29.2 Å². The summed E-state index contributed by atoms with van der Waals surface area (Å²) in [5.41, 5.74) is 0.566. The zero-order valence-corrected chi connectivity index (χ0v) is 22.6. The maximum atomic E-state index is 14.0. The second-order valence-corrected chi connectivity index (χ2v) is 10.8. The fourth-order valence-corrected chi connectivity index (χ4v) is 4.54. The maximum Gasteiger partial charge on any atom is 0.290 e. The van der Waals surface area contributed by atoms with Crippen LogP contribution in [0, 0.1) is 5.82 Å². The Morgan fingerprint density at radius 2 is 1.74 bits per heavy atom. The van der Waals surface area contributed by atoms with Crippen molar-refractivity contribution in [1.29, 1.82) is 0 Å². The van der Waals surface area contributed by atoms with Gasteiger partial charge in [-0.15, -0.1) is 0 Å². The summed E-state index contributed by atoms with van der Waals surface area (Å²) in [5, 5.41) is 3.43. The Kier molecular flexibility index (Phi) is 8.87. The largest absolute Gasteiger partial charge is 0.455 e. The first-order valence-electron chi connectivity index (χ1n) is 12.6. The number of hydrogen-bond acceptors (Lipinski definition) is 5. The summed E-state index contributed by atoms with van der Waals surface area (Å²) in [7, 11) is 0. The van der Waals surface area contributed by atoms with Gasteiger partial charge in [-0.25, -0.2) is 4.39 Å².